The molecule has 2 nitrogen and oxygen atoms in total. The number of carbonyl (C=O) groups is 1. The number of benzene rings is 1. The van der Waals surface area contributed by atoms with Crippen LogP contribution in [-0.4, -0.2) is 25.7 Å². The zero-order chi connectivity index (χ0) is 10.3. The van der Waals surface area contributed by atoms with Gasteiger partial charge in [0.15, 0.2) is 0 Å². The van der Waals surface area contributed by atoms with Gasteiger partial charge in [0, 0.05) is 5.97 Å². The normalized spacial score (nSPS) is 8.23. The second-order valence-corrected chi connectivity index (χ2v) is 10.2. The molecule has 1 rings (SSSR count). The SMILES string of the molecule is CC(=O)[O-].[CH3][Sn+]([CH3])[c]1ccccc1. The van der Waals surface area contributed by atoms with E-state index in [1.807, 2.05) is 0 Å². The summed E-state index contributed by atoms with van der Waals surface area (Å²) in [7, 11) is 0. The quantitative estimate of drug-likeness (QED) is 0.701. The van der Waals surface area contributed by atoms with Gasteiger partial charge in [-0.15, -0.1) is 0 Å². The van der Waals surface area contributed by atoms with Crippen molar-refractivity contribution >= 4 is 29.3 Å². The molecule has 0 bridgehead atoms. The summed E-state index contributed by atoms with van der Waals surface area (Å²) in [5.74, 6) is -1.08. The Hall–Kier alpha value is -0.511. The number of hydrogen-bond donors (Lipinski definition) is 0. The van der Waals surface area contributed by atoms with E-state index in [2.05, 4.69) is 40.2 Å². The van der Waals surface area contributed by atoms with Crippen LogP contribution < -0.4 is 8.69 Å². The second kappa shape index (κ2) is 6.95. The summed E-state index contributed by atoms with van der Waals surface area (Å²) in [4.78, 5) is 13.7. The third kappa shape index (κ3) is 7.84. The van der Waals surface area contributed by atoms with Crippen LogP contribution in [0.3, 0.4) is 0 Å². The van der Waals surface area contributed by atoms with Crippen molar-refractivity contribution < 1.29 is 9.90 Å². The van der Waals surface area contributed by atoms with E-state index in [0.29, 0.717) is 0 Å². The minimum absolute atomic E-state index is 0.972. The van der Waals surface area contributed by atoms with Crippen molar-refractivity contribution in [1.29, 1.82) is 0 Å². The third-order valence-corrected chi connectivity index (χ3v) is 5.60. The second-order valence-electron chi connectivity index (χ2n) is 2.86. The minimum atomic E-state index is -1.08. The van der Waals surface area contributed by atoms with E-state index >= 15 is 0 Å². The molecule has 0 saturated heterocycles. The molecular weight excluding hydrogens is 271 g/mol. The molecule has 0 aliphatic rings. The van der Waals surface area contributed by atoms with Gasteiger partial charge in [-0.1, -0.05) is 0 Å². The number of rotatable bonds is 1. The Balaban J connectivity index is 0.000000310. The van der Waals surface area contributed by atoms with Crippen LogP contribution in [0.4, 0.5) is 0 Å². The van der Waals surface area contributed by atoms with Crippen LogP contribution in [-0.2, 0) is 4.79 Å². The van der Waals surface area contributed by atoms with Gasteiger partial charge in [-0.2, -0.15) is 0 Å². The Kier molecular flexibility index (Phi) is 6.67. The predicted octanol–water partition coefficient (Wildman–Crippen LogP) is 0.404. The topological polar surface area (TPSA) is 40.1 Å². The van der Waals surface area contributed by atoms with Gasteiger partial charge >= 0.3 is 63.6 Å². The van der Waals surface area contributed by atoms with Crippen molar-refractivity contribution in [3.05, 3.63) is 30.3 Å². The van der Waals surface area contributed by atoms with Crippen molar-refractivity contribution in [3.63, 3.8) is 0 Å². The molecule has 70 valence electrons. The van der Waals surface area contributed by atoms with E-state index in [1.54, 1.807) is 3.58 Å². The molecule has 1 aromatic rings. The summed E-state index contributed by atoms with van der Waals surface area (Å²) in [5.41, 5.74) is 0. The van der Waals surface area contributed by atoms with Crippen LogP contribution in [0.1, 0.15) is 6.92 Å². The van der Waals surface area contributed by atoms with Crippen molar-refractivity contribution in [2.75, 3.05) is 0 Å². The molecule has 13 heavy (non-hydrogen) atoms. The van der Waals surface area contributed by atoms with E-state index in [-0.39, 0.29) is 0 Å². The number of aliphatic carboxylic acids is 1. The first-order valence-corrected chi connectivity index (χ1v) is 11.2. The summed E-state index contributed by atoms with van der Waals surface area (Å²) in [6.07, 6.45) is 0. The fraction of sp³-hybridized carbons (Fsp3) is 0.300. The zero-order valence-corrected chi connectivity index (χ0v) is 11.1. The van der Waals surface area contributed by atoms with Gasteiger partial charge in [0.2, 0.25) is 0 Å². The molecule has 3 heteroatoms. The maximum absolute atomic E-state index is 8.89. The Morgan fingerprint density at radius 1 is 1.23 bits per heavy atom. The first-order valence-electron chi connectivity index (χ1n) is 4.07. The standard InChI is InChI=1S/C6H5.C2H4O2.2CH3.Sn/c1-2-4-6-5-3-1;1-2(3)4;;;/h1-5H;1H3,(H,3,4);2*1H3;/q;;;;+1/p-1. The third-order valence-electron chi connectivity index (χ3n) is 1.35. The molecule has 1 aromatic carbocycles. The van der Waals surface area contributed by atoms with Gasteiger partial charge < -0.3 is 9.90 Å². The molecule has 0 aliphatic heterocycles. The molecular formula is C10H14O2Sn. The number of carboxylic acids is 1. The average Bonchev–Trinajstić information content (AvgIpc) is 2.05. The van der Waals surface area contributed by atoms with Crippen LogP contribution in [0.2, 0.25) is 9.88 Å². The van der Waals surface area contributed by atoms with Crippen molar-refractivity contribution in [2.24, 2.45) is 0 Å². The first kappa shape index (κ1) is 12.5. The van der Waals surface area contributed by atoms with E-state index in [0.717, 1.165) is 6.92 Å². The van der Waals surface area contributed by atoms with E-state index in [4.69, 9.17) is 9.90 Å². The summed E-state index contributed by atoms with van der Waals surface area (Å²) >= 11 is -1.02. The fourth-order valence-electron chi connectivity index (χ4n) is 0.771. The van der Waals surface area contributed by atoms with Crippen molar-refractivity contribution in [2.45, 2.75) is 16.8 Å². The molecule has 0 aliphatic carbocycles. The van der Waals surface area contributed by atoms with Crippen LogP contribution in [0, 0.1) is 0 Å². The number of hydrogen-bond acceptors (Lipinski definition) is 2. The molecule has 0 heterocycles. The number of carboxylic acid groups (broad SMARTS) is 1. The monoisotopic (exact) mass is 286 g/mol. The van der Waals surface area contributed by atoms with Gasteiger partial charge in [-0.25, -0.2) is 0 Å². The maximum atomic E-state index is 8.89. The molecule has 0 aromatic heterocycles. The van der Waals surface area contributed by atoms with Crippen LogP contribution in [0.5, 0.6) is 0 Å². The molecule has 0 radical (unpaired) electrons. The Labute approximate surface area is 86.3 Å². The molecule has 0 N–H and O–H groups in total. The van der Waals surface area contributed by atoms with Crippen molar-refractivity contribution in [1.82, 2.24) is 0 Å². The average molecular weight is 285 g/mol. The zero-order valence-electron chi connectivity index (χ0n) is 8.20. The molecule has 0 amide bonds. The van der Waals surface area contributed by atoms with Gasteiger partial charge in [0.05, 0.1) is 0 Å². The van der Waals surface area contributed by atoms with E-state index in [1.165, 1.54) is 0 Å². The fourth-order valence-corrected chi connectivity index (χ4v) is 3.22. The van der Waals surface area contributed by atoms with Crippen LogP contribution in [0.25, 0.3) is 0 Å². The molecule has 0 fully saturated rings. The summed E-state index contributed by atoms with van der Waals surface area (Å²) < 4.78 is 1.61. The summed E-state index contributed by atoms with van der Waals surface area (Å²) in [5, 5.41) is 8.89. The van der Waals surface area contributed by atoms with Gasteiger partial charge in [0.25, 0.3) is 0 Å². The van der Waals surface area contributed by atoms with E-state index in [9.17, 15) is 0 Å². The summed E-state index contributed by atoms with van der Waals surface area (Å²) in [6.45, 7) is 0.972. The molecule has 0 spiro atoms. The molecule has 0 unspecified atom stereocenters. The molecule has 0 atom stereocenters. The van der Waals surface area contributed by atoms with Gasteiger partial charge in [-0.05, 0) is 6.92 Å². The Morgan fingerprint density at radius 2 is 1.62 bits per heavy atom. The van der Waals surface area contributed by atoms with Crippen molar-refractivity contribution in [3.8, 4) is 0 Å². The Morgan fingerprint density at radius 3 is 1.85 bits per heavy atom. The van der Waals surface area contributed by atoms with E-state index < -0.39 is 25.7 Å². The Bertz CT molecular complexity index is 240. The first-order chi connectivity index (χ1) is 6.04. The molecule has 0 saturated carbocycles. The summed E-state index contributed by atoms with van der Waals surface area (Å²) in [6, 6.07) is 10.8. The van der Waals surface area contributed by atoms with Crippen LogP contribution >= 0.6 is 0 Å². The van der Waals surface area contributed by atoms with Gasteiger partial charge in [-0.3, -0.25) is 0 Å². The number of carbonyl (C=O) groups excluding carboxylic acids is 1. The van der Waals surface area contributed by atoms with Crippen LogP contribution in [0.15, 0.2) is 30.3 Å². The predicted molar refractivity (Wildman–Crippen MR) is 54.2 cm³/mol. The van der Waals surface area contributed by atoms with Gasteiger partial charge in [0.1, 0.15) is 0 Å².